The van der Waals surface area contributed by atoms with Crippen LogP contribution < -0.4 is 5.73 Å². The monoisotopic (exact) mass is 175 g/mol. The van der Waals surface area contributed by atoms with Crippen LogP contribution in [0.1, 0.15) is 12.8 Å². The standard InChI is InChI=1S/C8H17NOS/c9-4-8(5-10)7-2-1-3-11-6-7/h7-8,10H,1-6,9H2. The summed E-state index contributed by atoms with van der Waals surface area (Å²) in [6, 6.07) is 0. The number of hydrogen-bond donors (Lipinski definition) is 2. The van der Waals surface area contributed by atoms with E-state index in [0.29, 0.717) is 18.4 Å². The number of aliphatic hydroxyl groups excluding tert-OH is 1. The molecule has 0 amide bonds. The molecule has 0 aliphatic carbocycles. The van der Waals surface area contributed by atoms with Crippen molar-refractivity contribution in [2.45, 2.75) is 12.8 Å². The quantitative estimate of drug-likeness (QED) is 0.663. The highest BCUT2D eigenvalue weighted by Crippen LogP contribution is 2.27. The molecule has 1 saturated heterocycles. The zero-order chi connectivity index (χ0) is 8.10. The van der Waals surface area contributed by atoms with E-state index in [4.69, 9.17) is 10.8 Å². The first kappa shape index (κ1) is 9.36. The summed E-state index contributed by atoms with van der Waals surface area (Å²) < 4.78 is 0. The van der Waals surface area contributed by atoms with Crippen LogP contribution >= 0.6 is 11.8 Å². The third-order valence-corrected chi connectivity index (χ3v) is 3.64. The van der Waals surface area contributed by atoms with E-state index >= 15 is 0 Å². The van der Waals surface area contributed by atoms with Crippen molar-refractivity contribution < 1.29 is 5.11 Å². The van der Waals surface area contributed by atoms with Crippen LogP contribution in [0.4, 0.5) is 0 Å². The average Bonchev–Trinajstić information content (AvgIpc) is 2.09. The van der Waals surface area contributed by atoms with Crippen LogP contribution in [-0.2, 0) is 0 Å². The molecule has 1 heterocycles. The SMILES string of the molecule is NCC(CO)C1CCCSC1. The fraction of sp³-hybridized carbons (Fsp3) is 1.00. The van der Waals surface area contributed by atoms with E-state index in [-0.39, 0.29) is 6.61 Å². The zero-order valence-corrected chi connectivity index (χ0v) is 7.65. The molecule has 2 nitrogen and oxygen atoms in total. The third-order valence-electron chi connectivity index (χ3n) is 2.40. The van der Waals surface area contributed by atoms with Gasteiger partial charge in [-0.05, 0) is 42.7 Å². The van der Waals surface area contributed by atoms with Gasteiger partial charge in [0, 0.05) is 6.61 Å². The maximum Gasteiger partial charge on any atom is 0.0474 e. The Labute approximate surface area is 72.5 Å². The Bertz CT molecular complexity index is 100. The summed E-state index contributed by atoms with van der Waals surface area (Å²) in [5, 5.41) is 8.99. The minimum absolute atomic E-state index is 0.266. The van der Waals surface area contributed by atoms with Crippen molar-refractivity contribution in [1.82, 2.24) is 0 Å². The van der Waals surface area contributed by atoms with Gasteiger partial charge in [0.05, 0.1) is 0 Å². The van der Waals surface area contributed by atoms with E-state index in [0.717, 1.165) is 0 Å². The lowest BCUT2D eigenvalue weighted by molar-refractivity contribution is 0.182. The summed E-state index contributed by atoms with van der Waals surface area (Å²) in [7, 11) is 0. The maximum atomic E-state index is 8.99. The van der Waals surface area contributed by atoms with Crippen molar-refractivity contribution in [3.05, 3.63) is 0 Å². The predicted octanol–water partition coefficient (Wildman–Crippen LogP) is 0.697. The second kappa shape index (κ2) is 5.01. The summed E-state index contributed by atoms with van der Waals surface area (Å²) >= 11 is 2.00. The van der Waals surface area contributed by atoms with Gasteiger partial charge in [-0.25, -0.2) is 0 Å². The largest absolute Gasteiger partial charge is 0.396 e. The first-order valence-corrected chi connectivity index (χ1v) is 5.42. The van der Waals surface area contributed by atoms with Crippen molar-refractivity contribution in [2.75, 3.05) is 24.7 Å². The summed E-state index contributed by atoms with van der Waals surface area (Å²) in [5.41, 5.74) is 5.54. The molecule has 0 bridgehead atoms. The molecule has 1 fully saturated rings. The summed E-state index contributed by atoms with van der Waals surface area (Å²) in [5.74, 6) is 3.51. The van der Waals surface area contributed by atoms with E-state index in [2.05, 4.69) is 0 Å². The molecule has 3 heteroatoms. The first-order chi connectivity index (χ1) is 5.38. The number of aliphatic hydroxyl groups is 1. The lowest BCUT2D eigenvalue weighted by Crippen LogP contribution is -2.30. The van der Waals surface area contributed by atoms with Crippen LogP contribution in [0.2, 0.25) is 0 Å². The molecule has 0 saturated carbocycles. The Balaban J connectivity index is 2.30. The van der Waals surface area contributed by atoms with Crippen molar-refractivity contribution in [1.29, 1.82) is 0 Å². The molecule has 0 aromatic rings. The van der Waals surface area contributed by atoms with E-state index in [9.17, 15) is 0 Å². The van der Waals surface area contributed by atoms with E-state index < -0.39 is 0 Å². The molecular weight excluding hydrogens is 158 g/mol. The van der Waals surface area contributed by atoms with Crippen LogP contribution in [-0.4, -0.2) is 29.8 Å². The summed E-state index contributed by atoms with van der Waals surface area (Å²) in [4.78, 5) is 0. The van der Waals surface area contributed by atoms with Crippen molar-refractivity contribution in [3.8, 4) is 0 Å². The highest BCUT2D eigenvalue weighted by molar-refractivity contribution is 7.99. The van der Waals surface area contributed by atoms with Gasteiger partial charge in [0.15, 0.2) is 0 Å². The molecule has 0 aromatic heterocycles. The third kappa shape index (κ3) is 2.65. The van der Waals surface area contributed by atoms with Gasteiger partial charge in [0.25, 0.3) is 0 Å². The van der Waals surface area contributed by atoms with E-state index in [1.165, 1.54) is 24.3 Å². The van der Waals surface area contributed by atoms with Gasteiger partial charge in [0.2, 0.25) is 0 Å². The number of thioether (sulfide) groups is 1. The molecule has 1 aliphatic heterocycles. The molecule has 0 spiro atoms. The lowest BCUT2D eigenvalue weighted by atomic mass is 9.90. The smallest absolute Gasteiger partial charge is 0.0474 e. The summed E-state index contributed by atoms with van der Waals surface area (Å²) in [6.07, 6.45) is 2.56. The molecule has 11 heavy (non-hydrogen) atoms. The molecule has 0 aromatic carbocycles. The zero-order valence-electron chi connectivity index (χ0n) is 6.83. The van der Waals surface area contributed by atoms with Crippen molar-refractivity contribution in [3.63, 3.8) is 0 Å². The number of nitrogens with two attached hydrogens (primary N) is 1. The Morgan fingerprint density at radius 1 is 1.64 bits per heavy atom. The Morgan fingerprint density at radius 3 is 2.91 bits per heavy atom. The predicted molar refractivity (Wildman–Crippen MR) is 49.7 cm³/mol. The molecule has 2 atom stereocenters. The molecular formula is C8H17NOS. The molecule has 1 rings (SSSR count). The van der Waals surface area contributed by atoms with Gasteiger partial charge < -0.3 is 10.8 Å². The summed E-state index contributed by atoms with van der Waals surface area (Å²) in [6.45, 7) is 0.906. The topological polar surface area (TPSA) is 46.2 Å². The van der Waals surface area contributed by atoms with Gasteiger partial charge in [0.1, 0.15) is 0 Å². The van der Waals surface area contributed by atoms with Crippen LogP contribution in [0.25, 0.3) is 0 Å². The van der Waals surface area contributed by atoms with Crippen molar-refractivity contribution in [2.24, 2.45) is 17.6 Å². The van der Waals surface area contributed by atoms with Crippen LogP contribution in [0.5, 0.6) is 0 Å². The average molecular weight is 175 g/mol. The van der Waals surface area contributed by atoms with Crippen molar-refractivity contribution >= 4 is 11.8 Å². The fourth-order valence-electron chi connectivity index (χ4n) is 1.55. The number of hydrogen-bond acceptors (Lipinski definition) is 3. The fourth-order valence-corrected chi connectivity index (χ4v) is 2.83. The van der Waals surface area contributed by atoms with Crippen LogP contribution in [0.15, 0.2) is 0 Å². The highest BCUT2D eigenvalue weighted by Gasteiger charge is 2.21. The maximum absolute atomic E-state index is 8.99. The molecule has 0 radical (unpaired) electrons. The van der Waals surface area contributed by atoms with Crippen LogP contribution in [0, 0.1) is 11.8 Å². The Hall–Kier alpha value is 0.270. The normalized spacial score (nSPS) is 28.4. The first-order valence-electron chi connectivity index (χ1n) is 4.27. The Kier molecular flexibility index (Phi) is 4.26. The molecule has 2 unspecified atom stereocenters. The minimum Gasteiger partial charge on any atom is -0.396 e. The van der Waals surface area contributed by atoms with Crippen LogP contribution in [0.3, 0.4) is 0 Å². The highest BCUT2D eigenvalue weighted by atomic mass is 32.2. The number of rotatable bonds is 3. The Morgan fingerprint density at radius 2 is 2.45 bits per heavy atom. The van der Waals surface area contributed by atoms with E-state index in [1.807, 2.05) is 11.8 Å². The minimum atomic E-state index is 0.266. The van der Waals surface area contributed by atoms with Gasteiger partial charge in [-0.1, -0.05) is 0 Å². The lowest BCUT2D eigenvalue weighted by Gasteiger charge is -2.27. The van der Waals surface area contributed by atoms with Gasteiger partial charge in [-0.15, -0.1) is 0 Å². The van der Waals surface area contributed by atoms with Gasteiger partial charge in [-0.3, -0.25) is 0 Å². The molecule has 3 N–H and O–H groups in total. The second-order valence-corrected chi connectivity index (χ2v) is 4.31. The van der Waals surface area contributed by atoms with Gasteiger partial charge >= 0.3 is 0 Å². The molecule has 66 valence electrons. The van der Waals surface area contributed by atoms with E-state index in [1.54, 1.807) is 0 Å². The molecule has 1 aliphatic rings. The van der Waals surface area contributed by atoms with Gasteiger partial charge in [-0.2, -0.15) is 11.8 Å². The second-order valence-electron chi connectivity index (χ2n) is 3.16.